The molecule has 34 heavy (non-hydrogen) atoms. The molecule has 1 atom stereocenters. The Bertz CT molecular complexity index is 1150. The molecule has 1 aromatic heterocycles. The number of nitrogens with zero attached hydrogens (tertiary/aromatic N) is 1. The SMILES string of the molecule is Cc1cc(OC[C@@H]2COC(C)(C)O2)cc(C)c1-c1cccc(COc2ccc(C=O)cn2)c1C. The average molecular weight is 462 g/mol. The Kier molecular flexibility index (Phi) is 7.00. The standard InChI is InChI=1S/C28H31NO5/c1-18-11-23(31-16-24-17-33-28(4,5)34-24)12-19(2)27(18)25-8-6-7-22(20(25)3)15-32-26-10-9-21(14-30)13-29-26/h6-14,24H,15-17H2,1-5H3/t24-/m1/s1. The van der Waals surface area contributed by atoms with Gasteiger partial charge in [-0.05, 0) is 86.2 Å². The Morgan fingerprint density at radius 2 is 1.85 bits per heavy atom. The molecule has 0 bridgehead atoms. The van der Waals surface area contributed by atoms with Gasteiger partial charge in [-0.2, -0.15) is 0 Å². The molecule has 6 heteroatoms. The van der Waals surface area contributed by atoms with E-state index in [1.807, 2.05) is 19.9 Å². The normalized spacial score (nSPS) is 16.9. The van der Waals surface area contributed by atoms with Crippen LogP contribution >= 0.6 is 0 Å². The lowest BCUT2D eigenvalue weighted by molar-refractivity contribution is -0.141. The summed E-state index contributed by atoms with van der Waals surface area (Å²) in [6, 6.07) is 13.8. The minimum absolute atomic E-state index is 0.0710. The molecular weight excluding hydrogens is 430 g/mol. The van der Waals surface area contributed by atoms with Crippen LogP contribution in [0.2, 0.25) is 0 Å². The van der Waals surface area contributed by atoms with Gasteiger partial charge in [0.05, 0.1) is 6.61 Å². The molecule has 3 aromatic rings. The van der Waals surface area contributed by atoms with Crippen LogP contribution in [0.25, 0.3) is 11.1 Å². The number of hydrogen-bond donors (Lipinski definition) is 0. The number of aromatic nitrogens is 1. The van der Waals surface area contributed by atoms with E-state index in [0.717, 1.165) is 34.3 Å². The first kappa shape index (κ1) is 23.9. The molecule has 0 radical (unpaired) electrons. The first-order valence-electron chi connectivity index (χ1n) is 11.4. The zero-order chi connectivity index (χ0) is 24.3. The van der Waals surface area contributed by atoms with Gasteiger partial charge < -0.3 is 18.9 Å². The van der Waals surface area contributed by atoms with E-state index in [9.17, 15) is 4.79 Å². The fourth-order valence-corrected chi connectivity index (χ4v) is 4.28. The number of benzene rings is 2. The van der Waals surface area contributed by atoms with E-state index in [0.29, 0.717) is 31.3 Å². The molecule has 1 aliphatic rings. The van der Waals surface area contributed by atoms with Crippen molar-refractivity contribution < 1.29 is 23.7 Å². The summed E-state index contributed by atoms with van der Waals surface area (Å²) in [4.78, 5) is 15.0. The highest BCUT2D eigenvalue weighted by Gasteiger charge is 2.33. The molecule has 2 heterocycles. The van der Waals surface area contributed by atoms with Crippen molar-refractivity contribution in [3.05, 3.63) is 76.5 Å². The number of pyridine rings is 1. The van der Waals surface area contributed by atoms with Gasteiger partial charge in [0.2, 0.25) is 5.88 Å². The third kappa shape index (κ3) is 5.46. The molecule has 1 saturated heterocycles. The zero-order valence-corrected chi connectivity index (χ0v) is 20.4. The molecule has 0 N–H and O–H groups in total. The highest BCUT2D eigenvalue weighted by Crippen LogP contribution is 2.34. The number of rotatable bonds is 8. The van der Waals surface area contributed by atoms with E-state index in [1.165, 1.54) is 17.3 Å². The van der Waals surface area contributed by atoms with Gasteiger partial charge >= 0.3 is 0 Å². The highest BCUT2D eigenvalue weighted by atomic mass is 16.7. The molecule has 0 unspecified atom stereocenters. The number of ether oxygens (including phenoxy) is 4. The van der Waals surface area contributed by atoms with Gasteiger partial charge in [-0.25, -0.2) is 4.98 Å². The number of aryl methyl sites for hydroxylation is 2. The van der Waals surface area contributed by atoms with Crippen LogP contribution in [0.1, 0.15) is 46.5 Å². The maximum atomic E-state index is 10.8. The van der Waals surface area contributed by atoms with Gasteiger partial charge in [0.1, 0.15) is 25.1 Å². The van der Waals surface area contributed by atoms with Gasteiger partial charge in [-0.1, -0.05) is 18.2 Å². The van der Waals surface area contributed by atoms with E-state index in [4.69, 9.17) is 18.9 Å². The van der Waals surface area contributed by atoms with Gasteiger partial charge in [0, 0.05) is 17.8 Å². The quantitative estimate of drug-likeness (QED) is 0.407. The molecule has 6 nitrogen and oxygen atoms in total. The Morgan fingerprint density at radius 1 is 1.09 bits per heavy atom. The summed E-state index contributed by atoms with van der Waals surface area (Å²) in [5, 5.41) is 0. The van der Waals surface area contributed by atoms with Crippen LogP contribution in [0.4, 0.5) is 0 Å². The van der Waals surface area contributed by atoms with Crippen molar-refractivity contribution in [2.24, 2.45) is 0 Å². The van der Waals surface area contributed by atoms with E-state index >= 15 is 0 Å². The van der Waals surface area contributed by atoms with Crippen LogP contribution in [-0.2, 0) is 16.1 Å². The Hall–Kier alpha value is -3.22. The molecule has 0 amide bonds. The number of hydrogen-bond acceptors (Lipinski definition) is 6. The lowest BCUT2D eigenvalue weighted by Gasteiger charge is -2.19. The topological polar surface area (TPSA) is 66.9 Å². The van der Waals surface area contributed by atoms with E-state index in [-0.39, 0.29) is 6.10 Å². The van der Waals surface area contributed by atoms with Crippen LogP contribution in [-0.4, -0.2) is 36.4 Å². The van der Waals surface area contributed by atoms with Crippen LogP contribution in [0.3, 0.4) is 0 Å². The molecule has 178 valence electrons. The number of aldehydes is 1. The predicted molar refractivity (Wildman–Crippen MR) is 130 cm³/mol. The predicted octanol–water partition coefficient (Wildman–Crippen LogP) is 5.60. The maximum absolute atomic E-state index is 10.8. The summed E-state index contributed by atoms with van der Waals surface area (Å²) in [7, 11) is 0. The van der Waals surface area contributed by atoms with Crippen molar-refractivity contribution in [3.63, 3.8) is 0 Å². The summed E-state index contributed by atoms with van der Waals surface area (Å²) in [6.45, 7) is 11.5. The monoisotopic (exact) mass is 461 g/mol. The van der Waals surface area contributed by atoms with Crippen LogP contribution in [0.15, 0.2) is 48.7 Å². The third-order valence-electron chi connectivity index (χ3n) is 6.00. The van der Waals surface area contributed by atoms with Crippen molar-refractivity contribution in [2.75, 3.05) is 13.2 Å². The van der Waals surface area contributed by atoms with Crippen LogP contribution in [0.5, 0.6) is 11.6 Å². The van der Waals surface area contributed by atoms with Crippen molar-refractivity contribution in [1.29, 1.82) is 0 Å². The van der Waals surface area contributed by atoms with Gasteiger partial charge in [-0.3, -0.25) is 4.79 Å². The smallest absolute Gasteiger partial charge is 0.213 e. The largest absolute Gasteiger partial charge is 0.491 e. The van der Waals surface area contributed by atoms with Crippen LogP contribution in [0, 0.1) is 20.8 Å². The molecule has 1 fully saturated rings. The second-order valence-electron chi connectivity index (χ2n) is 9.12. The molecule has 0 saturated carbocycles. The summed E-state index contributed by atoms with van der Waals surface area (Å²) in [6.07, 6.45) is 2.20. The Labute approximate surface area is 200 Å². The van der Waals surface area contributed by atoms with E-state index in [1.54, 1.807) is 12.1 Å². The second-order valence-corrected chi connectivity index (χ2v) is 9.12. The maximum Gasteiger partial charge on any atom is 0.213 e. The lowest BCUT2D eigenvalue weighted by atomic mass is 9.90. The number of carbonyl (C=O) groups is 1. The fourth-order valence-electron chi connectivity index (χ4n) is 4.28. The van der Waals surface area contributed by atoms with Crippen molar-refractivity contribution in [3.8, 4) is 22.8 Å². The Morgan fingerprint density at radius 3 is 2.47 bits per heavy atom. The fraction of sp³-hybridized carbons (Fsp3) is 0.357. The zero-order valence-electron chi connectivity index (χ0n) is 20.4. The molecular formula is C28H31NO5. The Balaban J connectivity index is 1.49. The van der Waals surface area contributed by atoms with Crippen molar-refractivity contribution in [1.82, 2.24) is 4.98 Å². The first-order valence-corrected chi connectivity index (χ1v) is 11.4. The summed E-state index contributed by atoms with van der Waals surface area (Å²) >= 11 is 0. The molecule has 1 aliphatic heterocycles. The summed E-state index contributed by atoms with van der Waals surface area (Å²) in [5.41, 5.74) is 7.42. The second kappa shape index (κ2) is 9.95. The summed E-state index contributed by atoms with van der Waals surface area (Å²) < 4.78 is 23.4. The van der Waals surface area contributed by atoms with Gasteiger partial charge in [0.15, 0.2) is 12.1 Å². The van der Waals surface area contributed by atoms with Gasteiger partial charge in [0.25, 0.3) is 0 Å². The molecule has 4 rings (SSSR count). The summed E-state index contributed by atoms with van der Waals surface area (Å²) in [5.74, 6) is 0.767. The minimum Gasteiger partial charge on any atom is -0.491 e. The van der Waals surface area contributed by atoms with E-state index < -0.39 is 5.79 Å². The van der Waals surface area contributed by atoms with Crippen molar-refractivity contribution >= 4 is 6.29 Å². The average Bonchev–Trinajstić information content (AvgIpc) is 3.16. The first-order chi connectivity index (χ1) is 16.3. The van der Waals surface area contributed by atoms with Crippen molar-refractivity contribution in [2.45, 2.75) is 53.1 Å². The highest BCUT2D eigenvalue weighted by molar-refractivity contribution is 5.75. The van der Waals surface area contributed by atoms with Crippen LogP contribution < -0.4 is 9.47 Å². The molecule has 0 spiro atoms. The number of carbonyl (C=O) groups excluding carboxylic acids is 1. The lowest BCUT2D eigenvalue weighted by Crippen LogP contribution is -2.25. The van der Waals surface area contributed by atoms with Gasteiger partial charge in [-0.15, -0.1) is 0 Å². The third-order valence-corrected chi connectivity index (χ3v) is 6.00. The molecule has 2 aromatic carbocycles. The van der Waals surface area contributed by atoms with E-state index in [2.05, 4.69) is 50.0 Å². The molecule has 0 aliphatic carbocycles. The minimum atomic E-state index is -0.551.